The van der Waals surface area contributed by atoms with Gasteiger partial charge < -0.3 is 4.90 Å². The summed E-state index contributed by atoms with van der Waals surface area (Å²) in [6.07, 6.45) is 1.25. The number of barbiturate groups is 1. The van der Waals surface area contributed by atoms with E-state index in [4.69, 9.17) is 0 Å². The van der Waals surface area contributed by atoms with Gasteiger partial charge in [-0.1, -0.05) is 0 Å². The molecule has 0 saturated carbocycles. The predicted molar refractivity (Wildman–Crippen MR) is 82.0 cm³/mol. The number of nitrogens with zero attached hydrogens (tertiary/aromatic N) is 2. The number of quaternary nitrogens is 1. The van der Waals surface area contributed by atoms with E-state index in [2.05, 4.69) is 10.3 Å². The van der Waals surface area contributed by atoms with Crippen molar-refractivity contribution in [2.75, 3.05) is 32.1 Å². The van der Waals surface area contributed by atoms with E-state index in [9.17, 15) is 18.8 Å². The second-order valence-corrected chi connectivity index (χ2v) is 5.43. The highest BCUT2D eigenvalue weighted by Gasteiger charge is 2.40. The molecule has 0 bridgehead atoms. The van der Waals surface area contributed by atoms with Crippen LogP contribution in [0.5, 0.6) is 0 Å². The first-order chi connectivity index (χ1) is 10.9. The summed E-state index contributed by atoms with van der Waals surface area (Å²) in [6, 6.07) is 4.01. The number of imide groups is 2. The summed E-state index contributed by atoms with van der Waals surface area (Å²) >= 11 is 0. The van der Waals surface area contributed by atoms with Crippen LogP contribution in [0, 0.1) is 11.7 Å². The van der Waals surface area contributed by atoms with Crippen molar-refractivity contribution in [3.63, 3.8) is 0 Å². The first-order valence-corrected chi connectivity index (χ1v) is 7.13. The molecule has 1 saturated heterocycles. The van der Waals surface area contributed by atoms with Gasteiger partial charge in [-0.25, -0.2) is 14.1 Å². The van der Waals surface area contributed by atoms with Crippen molar-refractivity contribution in [2.24, 2.45) is 10.9 Å². The predicted octanol–water partition coefficient (Wildman–Crippen LogP) is -0.760. The first-order valence-electron chi connectivity index (χ1n) is 7.13. The van der Waals surface area contributed by atoms with E-state index in [0.717, 1.165) is 23.6 Å². The zero-order valence-electron chi connectivity index (χ0n) is 12.9. The molecular formula is C15H18FN4O3+. The van der Waals surface area contributed by atoms with Crippen LogP contribution in [0.4, 0.5) is 14.9 Å². The average Bonchev–Trinajstić information content (AvgIpc) is 2.47. The molecule has 0 aliphatic carbocycles. The molecule has 1 unspecified atom stereocenters. The van der Waals surface area contributed by atoms with Gasteiger partial charge in [-0.15, -0.1) is 0 Å². The molecule has 122 valence electrons. The number of urea groups is 1. The van der Waals surface area contributed by atoms with Gasteiger partial charge in [0.2, 0.25) is 5.91 Å². The van der Waals surface area contributed by atoms with Crippen molar-refractivity contribution in [3.8, 4) is 0 Å². The fraction of sp³-hybridized carbons (Fsp3) is 0.333. The molecule has 0 radical (unpaired) electrons. The second-order valence-electron chi connectivity index (χ2n) is 5.43. The molecule has 1 aliphatic heterocycles. The topological polar surface area (TPSA) is 83.3 Å². The van der Waals surface area contributed by atoms with Crippen molar-refractivity contribution in [1.82, 2.24) is 5.32 Å². The number of halogens is 1. The molecule has 0 spiro atoms. The Labute approximate surface area is 132 Å². The maximum absolute atomic E-state index is 13.0. The Morgan fingerprint density at radius 2 is 1.91 bits per heavy atom. The van der Waals surface area contributed by atoms with Crippen LogP contribution >= 0.6 is 0 Å². The van der Waals surface area contributed by atoms with Crippen LogP contribution in [-0.2, 0) is 9.59 Å². The lowest BCUT2D eigenvalue weighted by molar-refractivity contribution is -0.856. The summed E-state index contributed by atoms with van der Waals surface area (Å²) in [6.45, 7) is 1.21. The summed E-state index contributed by atoms with van der Waals surface area (Å²) in [5.74, 6) is -3.07. The number of anilines is 1. The molecule has 1 aromatic carbocycles. The van der Waals surface area contributed by atoms with Crippen molar-refractivity contribution >= 4 is 29.7 Å². The zero-order chi connectivity index (χ0) is 17.0. The van der Waals surface area contributed by atoms with E-state index in [1.165, 1.54) is 23.2 Å². The molecule has 2 rings (SSSR count). The maximum atomic E-state index is 13.0. The summed E-state index contributed by atoms with van der Waals surface area (Å²) in [5, 5.41) is 2.11. The minimum Gasteiger partial charge on any atom is -0.338 e. The minimum absolute atomic E-state index is 0.192. The summed E-state index contributed by atoms with van der Waals surface area (Å²) in [7, 11) is 3.92. The van der Waals surface area contributed by atoms with Crippen LogP contribution in [0.1, 0.15) is 0 Å². The number of aliphatic imine (C=N–C) groups is 1. The van der Waals surface area contributed by atoms with Gasteiger partial charge in [0.05, 0.1) is 32.9 Å². The van der Waals surface area contributed by atoms with Gasteiger partial charge >= 0.3 is 6.03 Å². The van der Waals surface area contributed by atoms with Gasteiger partial charge in [0, 0.05) is 6.21 Å². The van der Waals surface area contributed by atoms with Crippen molar-refractivity contribution < 1.29 is 23.7 Å². The third-order valence-corrected chi connectivity index (χ3v) is 3.28. The number of benzene rings is 1. The lowest BCUT2D eigenvalue weighted by Gasteiger charge is -2.28. The Hall–Kier alpha value is -2.61. The lowest BCUT2D eigenvalue weighted by Crippen LogP contribution is -3.06. The van der Waals surface area contributed by atoms with Gasteiger partial charge in [0.15, 0.2) is 5.92 Å². The van der Waals surface area contributed by atoms with E-state index in [1.807, 2.05) is 14.1 Å². The smallest absolute Gasteiger partial charge is 0.335 e. The number of hydrogen-bond donors (Lipinski definition) is 2. The normalized spacial score (nSPS) is 18.9. The number of carbonyl (C=O) groups excluding carboxylic acids is 3. The molecule has 8 heteroatoms. The molecular weight excluding hydrogens is 303 g/mol. The fourth-order valence-electron chi connectivity index (χ4n) is 2.02. The van der Waals surface area contributed by atoms with E-state index in [-0.39, 0.29) is 5.69 Å². The number of nitrogens with one attached hydrogen (secondary N) is 2. The van der Waals surface area contributed by atoms with Crippen LogP contribution in [-0.4, -0.2) is 51.2 Å². The second kappa shape index (κ2) is 7.10. The Morgan fingerprint density at radius 3 is 2.52 bits per heavy atom. The van der Waals surface area contributed by atoms with Gasteiger partial charge in [-0.05, 0) is 24.3 Å². The van der Waals surface area contributed by atoms with Crippen LogP contribution in [0.3, 0.4) is 0 Å². The quantitative estimate of drug-likeness (QED) is 0.552. The lowest BCUT2D eigenvalue weighted by atomic mass is 10.1. The maximum Gasteiger partial charge on any atom is 0.335 e. The third-order valence-electron chi connectivity index (χ3n) is 3.28. The number of carbonyl (C=O) groups is 3. The highest BCUT2D eigenvalue weighted by Crippen LogP contribution is 2.20. The van der Waals surface area contributed by atoms with Gasteiger partial charge in [-0.3, -0.25) is 19.9 Å². The van der Waals surface area contributed by atoms with E-state index in [0.29, 0.717) is 6.54 Å². The van der Waals surface area contributed by atoms with Gasteiger partial charge in [0.25, 0.3) is 5.91 Å². The summed E-state index contributed by atoms with van der Waals surface area (Å²) in [5.41, 5.74) is 0.192. The van der Waals surface area contributed by atoms with E-state index >= 15 is 0 Å². The molecule has 1 aliphatic rings. The highest BCUT2D eigenvalue weighted by atomic mass is 19.1. The van der Waals surface area contributed by atoms with Crippen LogP contribution in [0.2, 0.25) is 0 Å². The van der Waals surface area contributed by atoms with E-state index in [1.54, 1.807) is 0 Å². The molecule has 7 nitrogen and oxygen atoms in total. The molecule has 1 atom stereocenters. The monoisotopic (exact) mass is 321 g/mol. The van der Waals surface area contributed by atoms with Crippen LogP contribution in [0.15, 0.2) is 29.3 Å². The van der Waals surface area contributed by atoms with Crippen LogP contribution < -0.4 is 15.1 Å². The Kier molecular flexibility index (Phi) is 5.17. The van der Waals surface area contributed by atoms with Crippen molar-refractivity contribution in [2.45, 2.75) is 0 Å². The number of likely N-dealkylation sites (N-methyl/N-ethyl adjacent to an activating group) is 1. The Bertz CT molecular complexity index is 643. The van der Waals surface area contributed by atoms with Crippen molar-refractivity contribution in [1.29, 1.82) is 0 Å². The van der Waals surface area contributed by atoms with Gasteiger partial charge in [-0.2, -0.15) is 0 Å². The third kappa shape index (κ3) is 3.98. The molecule has 1 aromatic rings. The average molecular weight is 321 g/mol. The molecule has 1 heterocycles. The molecule has 2 N–H and O–H groups in total. The number of rotatable bonds is 5. The number of amides is 4. The SMILES string of the molecule is C[NH+](C)CCN=CC1C(=O)NC(=O)N(c2ccc(F)cc2)C1=O. The molecule has 4 amide bonds. The fourth-order valence-corrected chi connectivity index (χ4v) is 2.02. The van der Waals surface area contributed by atoms with E-state index < -0.39 is 29.6 Å². The molecule has 23 heavy (non-hydrogen) atoms. The summed E-state index contributed by atoms with van der Waals surface area (Å²) in [4.78, 5) is 42.2. The largest absolute Gasteiger partial charge is 0.338 e. The molecule has 1 fully saturated rings. The highest BCUT2D eigenvalue weighted by molar-refractivity contribution is 6.32. The van der Waals surface area contributed by atoms with Crippen LogP contribution in [0.25, 0.3) is 0 Å². The first kappa shape index (κ1) is 16.8. The number of hydrogen-bond acceptors (Lipinski definition) is 4. The minimum atomic E-state index is -1.17. The Balaban J connectivity index is 2.18. The Morgan fingerprint density at radius 1 is 1.26 bits per heavy atom. The zero-order valence-corrected chi connectivity index (χ0v) is 12.9. The summed E-state index contributed by atoms with van der Waals surface area (Å²) < 4.78 is 13.0. The van der Waals surface area contributed by atoms with Gasteiger partial charge in [0.1, 0.15) is 5.82 Å². The standard InChI is InChI=1S/C15H17FN4O3/c1-19(2)8-7-17-9-12-13(21)18-15(23)20(14(12)22)11-5-3-10(16)4-6-11/h3-6,9,12H,7-8H2,1-2H3,(H,18,21,23)/p+1. The van der Waals surface area contributed by atoms with Crippen molar-refractivity contribution in [3.05, 3.63) is 30.1 Å². The molecule has 0 aromatic heterocycles.